The molecule has 1 heterocycles. The molecule has 0 spiro atoms. The Morgan fingerprint density at radius 1 is 1.53 bits per heavy atom. The lowest BCUT2D eigenvalue weighted by molar-refractivity contribution is -0.152. The van der Waals surface area contributed by atoms with Gasteiger partial charge >= 0.3 is 0 Å². The van der Waals surface area contributed by atoms with Gasteiger partial charge in [-0.1, -0.05) is 13.8 Å². The van der Waals surface area contributed by atoms with Crippen molar-refractivity contribution in [3.05, 3.63) is 0 Å². The molecule has 1 saturated heterocycles. The minimum Gasteiger partial charge on any atom is -0.274 e. The molecule has 0 saturated carbocycles. The van der Waals surface area contributed by atoms with E-state index in [1.54, 1.807) is 6.92 Å². The Balaban J connectivity index is 2.90. The summed E-state index contributed by atoms with van der Waals surface area (Å²) in [5.41, 5.74) is 0. The summed E-state index contributed by atoms with van der Waals surface area (Å²) in [6, 6.07) is -1.23. The summed E-state index contributed by atoms with van der Waals surface area (Å²) in [6.07, 6.45) is -0.141. The highest BCUT2D eigenvalue weighted by Gasteiger charge is 2.48. The molecule has 0 bridgehead atoms. The Kier molecular flexibility index (Phi) is 3.42. The topological polar surface area (TPSA) is 37.4 Å². The second kappa shape index (κ2) is 4.24. The molecule has 86 valence electrons. The van der Waals surface area contributed by atoms with Gasteiger partial charge in [0.1, 0.15) is 6.04 Å². The molecule has 3 nitrogen and oxygen atoms in total. The van der Waals surface area contributed by atoms with Gasteiger partial charge in [-0.15, -0.1) is 0 Å². The zero-order chi connectivity index (χ0) is 11.6. The second-order valence-corrected chi connectivity index (χ2v) is 3.68. The SMILES string of the molecule is CCC(=O)N1C(=O)CCC1C(F)(F)CC. The fourth-order valence-electron chi connectivity index (χ4n) is 1.80. The molecule has 0 radical (unpaired) electrons. The maximum atomic E-state index is 13.4. The molecule has 2 amide bonds. The van der Waals surface area contributed by atoms with Crippen LogP contribution in [0.25, 0.3) is 0 Å². The van der Waals surface area contributed by atoms with E-state index in [-0.39, 0.29) is 25.7 Å². The van der Waals surface area contributed by atoms with Gasteiger partial charge in [-0.25, -0.2) is 8.78 Å². The van der Waals surface area contributed by atoms with Gasteiger partial charge in [0, 0.05) is 19.3 Å². The van der Waals surface area contributed by atoms with Crippen LogP contribution in [-0.2, 0) is 9.59 Å². The number of amides is 2. The predicted octanol–water partition coefficient (Wildman–Crippen LogP) is 1.96. The quantitative estimate of drug-likeness (QED) is 0.727. The van der Waals surface area contributed by atoms with Crippen LogP contribution >= 0.6 is 0 Å². The molecular formula is C10H15F2NO2. The zero-order valence-electron chi connectivity index (χ0n) is 8.93. The summed E-state index contributed by atoms with van der Waals surface area (Å²) in [4.78, 5) is 23.4. The van der Waals surface area contributed by atoms with Crippen LogP contribution < -0.4 is 0 Å². The van der Waals surface area contributed by atoms with Crippen LogP contribution in [0.5, 0.6) is 0 Å². The Hall–Kier alpha value is -1.00. The van der Waals surface area contributed by atoms with Gasteiger partial charge in [0.05, 0.1) is 0 Å². The van der Waals surface area contributed by atoms with Gasteiger partial charge in [-0.3, -0.25) is 14.5 Å². The number of likely N-dealkylation sites (tertiary alicyclic amines) is 1. The Morgan fingerprint density at radius 2 is 2.13 bits per heavy atom. The number of hydrogen-bond donors (Lipinski definition) is 0. The minimum atomic E-state index is -2.96. The van der Waals surface area contributed by atoms with Crippen LogP contribution in [0.15, 0.2) is 0 Å². The van der Waals surface area contributed by atoms with Crippen molar-refractivity contribution in [2.45, 2.75) is 51.5 Å². The normalized spacial score (nSPS) is 22.3. The van der Waals surface area contributed by atoms with Crippen LogP contribution in [0, 0.1) is 0 Å². The number of rotatable bonds is 3. The highest BCUT2D eigenvalue weighted by atomic mass is 19.3. The van der Waals surface area contributed by atoms with Crippen LogP contribution in [0.1, 0.15) is 39.5 Å². The summed E-state index contributed by atoms with van der Waals surface area (Å²) in [7, 11) is 0. The minimum absolute atomic E-state index is 0.0476. The van der Waals surface area contributed by atoms with Crippen molar-refractivity contribution in [3.8, 4) is 0 Å². The lowest BCUT2D eigenvalue weighted by Crippen LogP contribution is -2.47. The fraction of sp³-hybridized carbons (Fsp3) is 0.800. The van der Waals surface area contributed by atoms with E-state index in [1.165, 1.54) is 6.92 Å². The van der Waals surface area contributed by atoms with Crippen LogP contribution in [0.4, 0.5) is 8.78 Å². The standard InChI is InChI=1S/C10H15F2NO2/c1-3-8(14)13-7(5-6-9(13)15)10(11,12)4-2/h7H,3-6H2,1-2H3. The summed E-state index contributed by atoms with van der Waals surface area (Å²) >= 11 is 0. The number of nitrogens with zero attached hydrogens (tertiary/aromatic N) is 1. The Labute approximate surface area is 87.4 Å². The first-order valence-corrected chi connectivity index (χ1v) is 5.16. The second-order valence-electron chi connectivity index (χ2n) is 3.68. The van der Waals surface area contributed by atoms with E-state index < -0.39 is 23.8 Å². The first-order valence-electron chi connectivity index (χ1n) is 5.16. The first-order chi connectivity index (χ1) is 6.94. The molecule has 0 aliphatic carbocycles. The van der Waals surface area contributed by atoms with Crippen LogP contribution in [-0.4, -0.2) is 28.7 Å². The van der Waals surface area contributed by atoms with Gasteiger partial charge in [-0.05, 0) is 6.42 Å². The third-order valence-corrected chi connectivity index (χ3v) is 2.74. The fourth-order valence-corrected chi connectivity index (χ4v) is 1.80. The van der Waals surface area contributed by atoms with Crippen molar-refractivity contribution in [1.82, 2.24) is 4.90 Å². The molecule has 5 heteroatoms. The number of alkyl halides is 2. The summed E-state index contributed by atoms with van der Waals surface area (Å²) in [6.45, 7) is 2.92. The molecule has 0 N–H and O–H groups in total. The lowest BCUT2D eigenvalue weighted by Gasteiger charge is -2.29. The third-order valence-electron chi connectivity index (χ3n) is 2.74. The van der Waals surface area contributed by atoms with Gasteiger partial charge in [-0.2, -0.15) is 0 Å². The van der Waals surface area contributed by atoms with Crippen molar-refractivity contribution < 1.29 is 18.4 Å². The highest BCUT2D eigenvalue weighted by molar-refractivity contribution is 5.97. The largest absolute Gasteiger partial charge is 0.274 e. The smallest absolute Gasteiger partial charge is 0.268 e. The average molecular weight is 219 g/mol. The van der Waals surface area contributed by atoms with Gasteiger partial charge in [0.2, 0.25) is 11.8 Å². The number of imide groups is 1. The molecule has 1 aliphatic heterocycles. The number of halogens is 2. The first kappa shape index (κ1) is 12.1. The summed E-state index contributed by atoms with van der Waals surface area (Å²) < 4.78 is 26.9. The molecule has 1 fully saturated rings. The molecule has 1 rings (SSSR count). The molecule has 1 unspecified atom stereocenters. The average Bonchev–Trinajstić information content (AvgIpc) is 2.59. The van der Waals surface area contributed by atoms with Gasteiger partial charge in [0.25, 0.3) is 5.92 Å². The highest BCUT2D eigenvalue weighted by Crippen LogP contribution is 2.34. The van der Waals surface area contributed by atoms with Crippen molar-refractivity contribution in [2.75, 3.05) is 0 Å². The summed E-state index contributed by atoms with van der Waals surface area (Å²) in [5, 5.41) is 0. The molecule has 0 aromatic carbocycles. The monoisotopic (exact) mass is 219 g/mol. The van der Waals surface area contributed by atoms with E-state index in [9.17, 15) is 18.4 Å². The number of carbonyl (C=O) groups excluding carboxylic acids is 2. The van der Waals surface area contributed by atoms with Gasteiger partial charge < -0.3 is 0 Å². The molecule has 0 aromatic rings. The molecular weight excluding hydrogens is 204 g/mol. The van der Waals surface area contributed by atoms with Crippen LogP contribution in [0.3, 0.4) is 0 Å². The number of hydrogen-bond acceptors (Lipinski definition) is 2. The summed E-state index contributed by atoms with van der Waals surface area (Å²) in [5.74, 6) is -3.94. The molecule has 1 aliphatic rings. The third kappa shape index (κ3) is 2.16. The van der Waals surface area contributed by atoms with E-state index in [0.29, 0.717) is 0 Å². The Morgan fingerprint density at radius 3 is 2.60 bits per heavy atom. The van der Waals surface area contributed by atoms with Gasteiger partial charge in [0.15, 0.2) is 0 Å². The van der Waals surface area contributed by atoms with Crippen molar-refractivity contribution in [2.24, 2.45) is 0 Å². The number of carbonyl (C=O) groups is 2. The van der Waals surface area contributed by atoms with Crippen LogP contribution in [0.2, 0.25) is 0 Å². The van der Waals surface area contributed by atoms with Crippen molar-refractivity contribution in [3.63, 3.8) is 0 Å². The Bertz CT molecular complexity index is 279. The van der Waals surface area contributed by atoms with Crippen molar-refractivity contribution in [1.29, 1.82) is 0 Å². The zero-order valence-corrected chi connectivity index (χ0v) is 8.93. The maximum absolute atomic E-state index is 13.4. The molecule has 15 heavy (non-hydrogen) atoms. The van der Waals surface area contributed by atoms with E-state index in [0.717, 1.165) is 4.90 Å². The maximum Gasteiger partial charge on any atom is 0.268 e. The van der Waals surface area contributed by atoms with Crippen molar-refractivity contribution >= 4 is 11.8 Å². The van der Waals surface area contributed by atoms with E-state index in [4.69, 9.17) is 0 Å². The van der Waals surface area contributed by atoms with E-state index >= 15 is 0 Å². The predicted molar refractivity (Wildman–Crippen MR) is 50.4 cm³/mol. The molecule has 1 atom stereocenters. The van der Waals surface area contributed by atoms with E-state index in [1.807, 2.05) is 0 Å². The molecule has 0 aromatic heterocycles. The van der Waals surface area contributed by atoms with E-state index in [2.05, 4.69) is 0 Å². The lowest BCUT2D eigenvalue weighted by atomic mass is 10.0.